The number of piperidine rings is 1. The number of carbonyl (C=O) groups excluding carboxylic acids is 2. The summed E-state index contributed by atoms with van der Waals surface area (Å²) in [5.74, 6) is -1.01. The topological polar surface area (TPSA) is 46.2 Å². The van der Waals surface area contributed by atoms with Crippen LogP contribution >= 0.6 is 0 Å². The molecule has 4 heteroatoms. The number of rotatable bonds is 2. The molecule has 1 saturated heterocycles. The van der Waals surface area contributed by atoms with Gasteiger partial charge in [-0.25, -0.2) is 4.39 Å². The summed E-state index contributed by atoms with van der Waals surface area (Å²) in [6.07, 6.45) is 1.71. The van der Waals surface area contributed by atoms with Gasteiger partial charge in [-0.2, -0.15) is 0 Å². The van der Waals surface area contributed by atoms with Crippen LogP contribution in [0.3, 0.4) is 0 Å². The van der Waals surface area contributed by atoms with Gasteiger partial charge in [-0.1, -0.05) is 12.1 Å². The monoisotopic (exact) mass is 221 g/mol. The Labute approximate surface area is 92.7 Å². The fourth-order valence-electron chi connectivity index (χ4n) is 1.85. The quantitative estimate of drug-likeness (QED) is 0.772. The predicted molar refractivity (Wildman–Crippen MR) is 56.5 cm³/mol. The third-order valence-corrected chi connectivity index (χ3v) is 2.69. The van der Waals surface area contributed by atoms with Gasteiger partial charge in [0.25, 0.3) is 0 Å². The number of halogens is 1. The Morgan fingerprint density at radius 3 is 2.81 bits per heavy atom. The molecular weight excluding hydrogens is 209 g/mol. The molecule has 84 valence electrons. The molecule has 1 aromatic rings. The third kappa shape index (κ3) is 2.10. The highest BCUT2D eigenvalue weighted by Crippen LogP contribution is 2.15. The van der Waals surface area contributed by atoms with Crippen molar-refractivity contribution in [1.82, 2.24) is 5.32 Å². The summed E-state index contributed by atoms with van der Waals surface area (Å²) >= 11 is 0. The van der Waals surface area contributed by atoms with E-state index in [1.807, 2.05) is 0 Å². The largest absolute Gasteiger partial charge is 0.346 e. The lowest BCUT2D eigenvalue weighted by atomic mass is 9.96. The second kappa shape index (κ2) is 4.43. The van der Waals surface area contributed by atoms with Crippen LogP contribution in [0.1, 0.15) is 29.6 Å². The molecule has 1 amide bonds. The van der Waals surface area contributed by atoms with Crippen molar-refractivity contribution in [2.45, 2.75) is 25.3 Å². The van der Waals surface area contributed by atoms with Crippen molar-refractivity contribution in [3.8, 4) is 0 Å². The molecule has 0 spiro atoms. The zero-order valence-electron chi connectivity index (χ0n) is 8.70. The van der Waals surface area contributed by atoms with Gasteiger partial charge in [0.2, 0.25) is 5.91 Å². The molecule has 1 aliphatic heterocycles. The molecule has 0 aromatic heterocycles. The number of benzene rings is 1. The van der Waals surface area contributed by atoms with Gasteiger partial charge in [0.05, 0.1) is 11.6 Å². The lowest BCUT2D eigenvalue weighted by Gasteiger charge is -2.22. The highest BCUT2D eigenvalue weighted by Gasteiger charge is 2.26. The van der Waals surface area contributed by atoms with E-state index in [-0.39, 0.29) is 17.3 Å². The van der Waals surface area contributed by atoms with E-state index in [1.165, 1.54) is 18.2 Å². The first-order chi connectivity index (χ1) is 7.68. The van der Waals surface area contributed by atoms with Gasteiger partial charge >= 0.3 is 0 Å². The summed E-state index contributed by atoms with van der Waals surface area (Å²) in [4.78, 5) is 23.0. The average Bonchev–Trinajstić information content (AvgIpc) is 2.29. The molecule has 1 fully saturated rings. The lowest BCUT2D eigenvalue weighted by molar-refractivity contribution is -0.122. The van der Waals surface area contributed by atoms with Crippen LogP contribution in [0, 0.1) is 5.82 Å². The summed E-state index contributed by atoms with van der Waals surface area (Å²) in [6, 6.07) is 5.26. The first-order valence-electron chi connectivity index (χ1n) is 5.26. The van der Waals surface area contributed by atoms with Gasteiger partial charge in [-0.05, 0) is 25.0 Å². The van der Waals surface area contributed by atoms with E-state index >= 15 is 0 Å². The normalized spacial score (nSPS) is 20.3. The van der Waals surface area contributed by atoms with Gasteiger partial charge in [-0.15, -0.1) is 0 Å². The van der Waals surface area contributed by atoms with Crippen molar-refractivity contribution >= 4 is 11.7 Å². The van der Waals surface area contributed by atoms with Crippen molar-refractivity contribution in [1.29, 1.82) is 0 Å². The number of nitrogens with one attached hydrogen (secondary N) is 1. The standard InChI is InChI=1S/C12H12FNO2/c13-9-5-2-1-4-8(9)12(16)10-6-3-7-11(15)14-10/h1-2,4-5,10H,3,6-7H2,(H,14,15). The van der Waals surface area contributed by atoms with Crippen LogP contribution in [0.4, 0.5) is 4.39 Å². The Balaban J connectivity index is 2.19. The highest BCUT2D eigenvalue weighted by molar-refractivity contribution is 6.02. The maximum Gasteiger partial charge on any atom is 0.220 e. The highest BCUT2D eigenvalue weighted by atomic mass is 19.1. The maximum atomic E-state index is 13.4. The number of ketones is 1. The van der Waals surface area contributed by atoms with E-state index < -0.39 is 11.9 Å². The Morgan fingerprint density at radius 2 is 2.12 bits per heavy atom. The van der Waals surface area contributed by atoms with Crippen molar-refractivity contribution in [3.05, 3.63) is 35.6 Å². The second-order valence-electron chi connectivity index (χ2n) is 3.86. The van der Waals surface area contributed by atoms with E-state index in [1.54, 1.807) is 6.07 Å². The van der Waals surface area contributed by atoms with Gasteiger partial charge in [0, 0.05) is 6.42 Å². The van der Waals surface area contributed by atoms with E-state index in [4.69, 9.17) is 0 Å². The van der Waals surface area contributed by atoms with E-state index in [0.717, 1.165) is 0 Å². The zero-order valence-corrected chi connectivity index (χ0v) is 8.70. The SMILES string of the molecule is O=C1CCCC(C(=O)c2ccccc2F)N1. The molecular formula is C12H12FNO2. The van der Waals surface area contributed by atoms with Gasteiger partial charge in [0.1, 0.15) is 5.82 Å². The minimum Gasteiger partial charge on any atom is -0.346 e. The first-order valence-corrected chi connectivity index (χ1v) is 5.26. The van der Waals surface area contributed by atoms with E-state index in [0.29, 0.717) is 19.3 Å². The molecule has 16 heavy (non-hydrogen) atoms. The second-order valence-corrected chi connectivity index (χ2v) is 3.86. The number of hydrogen-bond donors (Lipinski definition) is 1. The number of amides is 1. The molecule has 1 heterocycles. The van der Waals surface area contributed by atoms with E-state index in [2.05, 4.69) is 5.32 Å². The van der Waals surface area contributed by atoms with Gasteiger partial charge in [-0.3, -0.25) is 9.59 Å². The summed E-state index contributed by atoms with van der Waals surface area (Å²) < 4.78 is 13.4. The van der Waals surface area contributed by atoms with Gasteiger partial charge in [0.15, 0.2) is 5.78 Å². The molecule has 3 nitrogen and oxygen atoms in total. The van der Waals surface area contributed by atoms with Crippen LogP contribution in [-0.4, -0.2) is 17.7 Å². The number of Topliss-reactive ketones (excluding diaryl/α,β-unsaturated/α-hetero) is 1. The van der Waals surface area contributed by atoms with Crippen molar-refractivity contribution < 1.29 is 14.0 Å². The summed E-state index contributed by atoms with van der Waals surface area (Å²) in [7, 11) is 0. The Hall–Kier alpha value is -1.71. The van der Waals surface area contributed by atoms with Crippen LogP contribution in [0.25, 0.3) is 0 Å². The van der Waals surface area contributed by atoms with Crippen molar-refractivity contribution in [2.75, 3.05) is 0 Å². The van der Waals surface area contributed by atoms with Crippen LogP contribution in [0.5, 0.6) is 0 Å². The molecule has 1 N–H and O–H groups in total. The van der Waals surface area contributed by atoms with Crippen LogP contribution in [-0.2, 0) is 4.79 Å². The number of hydrogen-bond acceptors (Lipinski definition) is 2. The van der Waals surface area contributed by atoms with Crippen LogP contribution in [0.15, 0.2) is 24.3 Å². The fraction of sp³-hybridized carbons (Fsp3) is 0.333. The van der Waals surface area contributed by atoms with Crippen molar-refractivity contribution in [3.63, 3.8) is 0 Å². The van der Waals surface area contributed by atoms with Gasteiger partial charge < -0.3 is 5.32 Å². The molecule has 0 bridgehead atoms. The Morgan fingerprint density at radius 1 is 1.38 bits per heavy atom. The molecule has 0 saturated carbocycles. The summed E-state index contributed by atoms with van der Waals surface area (Å²) in [5.41, 5.74) is 0.0506. The third-order valence-electron chi connectivity index (χ3n) is 2.69. The summed E-state index contributed by atoms with van der Waals surface area (Å²) in [5, 5.41) is 2.59. The summed E-state index contributed by atoms with van der Waals surface area (Å²) in [6.45, 7) is 0. The molecule has 2 rings (SSSR count). The first kappa shape index (κ1) is 10.8. The molecule has 1 aliphatic rings. The molecule has 1 atom stereocenters. The molecule has 0 aliphatic carbocycles. The molecule has 0 radical (unpaired) electrons. The van der Waals surface area contributed by atoms with Crippen LogP contribution in [0.2, 0.25) is 0 Å². The maximum absolute atomic E-state index is 13.4. The lowest BCUT2D eigenvalue weighted by Crippen LogP contribution is -2.44. The zero-order chi connectivity index (χ0) is 11.5. The van der Waals surface area contributed by atoms with E-state index in [9.17, 15) is 14.0 Å². The predicted octanol–water partition coefficient (Wildman–Crippen LogP) is 1.68. The number of carbonyl (C=O) groups is 2. The minimum atomic E-state index is -0.571. The van der Waals surface area contributed by atoms with Crippen LogP contribution < -0.4 is 5.32 Å². The smallest absolute Gasteiger partial charge is 0.220 e. The van der Waals surface area contributed by atoms with Crippen molar-refractivity contribution in [2.24, 2.45) is 0 Å². The molecule has 1 unspecified atom stereocenters. The average molecular weight is 221 g/mol. The Kier molecular flexibility index (Phi) is 2.99. The fourth-order valence-corrected chi connectivity index (χ4v) is 1.85. The minimum absolute atomic E-state index is 0.0506. The Bertz CT molecular complexity index is 431. The molecule has 1 aromatic carbocycles.